The molecule has 0 aliphatic carbocycles. The van der Waals surface area contributed by atoms with E-state index in [1.165, 1.54) is 6.07 Å². The first-order valence-corrected chi connectivity index (χ1v) is 14.9. The fraction of sp³-hybridized carbons (Fsp3) is 0.412. The van der Waals surface area contributed by atoms with Crippen molar-refractivity contribution in [3.8, 4) is 35.2 Å². The van der Waals surface area contributed by atoms with E-state index in [-0.39, 0.29) is 22.9 Å². The summed E-state index contributed by atoms with van der Waals surface area (Å²) in [4.78, 5) is 14.2. The predicted molar refractivity (Wildman–Crippen MR) is 163 cm³/mol. The molecule has 0 unspecified atom stereocenters. The summed E-state index contributed by atoms with van der Waals surface area (Å²) in [5.74, 6) is 2.82. The summed E-state index contributed by atoms with van der Waals surface area (Å²) in [6.45, 7) is 6.32. The Morgan fingerprint density at radius 3 is 2.86 bits per heavy atom. The van der Waals surface area contributed by atoms with E-state index < -0.39 is 12.0 Å². The van der Waals surface area contributed by atoms with Gasteiger partial charge in [0.2, 0.25) is 0 Å². The predicted octanol–water partition coefficient (Wildman–Crippen LogP) is 5.77. The van der Waals surface area contributed by atoms with Crippen molar-refractivity contribution in [3.63, 3.8) is 0 Å². The minimum Gasteiger partial charge on any atom is -0.508 e. The highest BCUT2D eigenvalue weighted by molar-refractivity contribution is 6.05. The molecular formula is C34H34F2N4O3. The first-order valence-electron chi connectivity index (χ1n) is 14.9. The molecular weight excluding hydrogens is 550 g/mol. The number of halogens is 2. The highest BCUT2D eigenvalue weighted by atomic mass is 19.1. The zero-order valence-electron chi connectivity index (χ0n) is 24.2. The quantitative estimate of drug-likeness (QED) is 0.299. The Morgan fingerprint density at radius 1 is 1.12 bits per heavy atom. The Hall–Kier alpha value is -4.00. The van der Waals surface area contributed by atoms with Gasteiger partial charge in [-0.25, -0.2) is 8.78 Å². The number of aromatic hydroxyl groups is 1. The summed E-state index contributed by atoms with van der Waals surface area (Å²) >= 11 is 0. The fourth-order valence-electron chi connectivity index (χ4n) is 7.28. The standard InChI is InChI=1S/C34H34F2N4O3/c1-3-25-29(36)9-6-22-16-24(41)17-28(30(22)25)26-7-8-27-31(21(26)2)37-33(38-32(27)39-11-5-14-42-15-13-39)43-20-34-10-4-12-40(34)19-23(35)18-34/h1,6-9,16-17,23,41H,4-5,10-15,18-20H2,2H3/t23-,34+/m1/s1. The Labute approximate surface area is 249 Å². The van der Waals surface area contributed by atoms with Crippen LogP contribution in [0.25, 0.3) is 32.8 Å². The number of hydrogen-bond donors (Lipinski definition) is 1. The number of alkyl halides is 1. The average Bonchev–Trinajstić information content (AvgIpc) is 3.37. The van der Waals surface area contributed by atoms with E-state index in [4.69, 9.17) is 25.9 Å². The van der Waals surface area contributed by atoms with Crippen LogP contribution in [0.2, 0.25) is 0 Å². The van der Waals surface area contributed by atoms with Crippen LogP contribution >= 0.6 is 0 Å². The van der Waals surface area contributed by atoms with Gasteiger partial charge in [-0.3, -0.25) is 4.90 Å². The van der Waals surface area contributed by atoms with Crippen LogP contribution in [0.4, 0.5) is 14.6 Å². The second kappa shape index (κ2) is 10.9. The molecule has 0 radical (unpaired) electrons. The van der Waals surface area contributed by atoms with Gasteiger partial charge in [0.1, 0.15) is 30.2 Å². The third kappa shape index (κ3) is 4.83. The van der Waals surface area contributed by atoms with Crippen molar-refractivity contribution in [2.24, 2.45) is 0 Å². The van der Waals surface area contributed by atoms with Crippen molar-refractivity contribution in [2.75, 3.05) is 50.9 Å². The summed E-state index contributed by atoms with van der Waals surface area (Å²) in [5, 5.41) is 12.7. The van der Waals surface area contributed by atoms with Gasteiger partial charge in [0.25, 0.3) is 0 Å². The Morgan fingerprint density at radius 2 is 2.00 bits per heavy atom. The summed E-state index contributed by atoms with van der Waals surface area (Å²) in [6, 6.07) is 10.3. The van der Waals surface area contributed by atoms with Gasteiger partial charge in [-0.05, 0) is 79.1 Å². The number of anilines is 1. The zero-order valence-corrected chi connectivity index (χ0v) is 24.2. The molecule has 1 N–H and O–H groups in total. The van der Waals surface area contributed by atoms with Gasteiger partial charge in [-0.15, -0.1) is 6.42 Å². The number of ether oxygens (including phenoxy) is 2. The van der Waals surface area contributed by atoms with Gasteiger partial charge in [0.15, 0.2) is 0 Å². The number of aromatic nitrogens is 2. The van der Waals surface area contributed by atoms with E-state index in [9.17, 15) is 13.9 Å². The van der Waals surface area contributed by atoms with Crippen molar-refractivity contribution in [3.05, 3.63) is 53.3 Å². The second-order valence-electron chi connectivity index (χ2n) is 11.9. The SMILES string of the molecule is C#Cc1c(F)ccc2cc(O)cc(-c3ccc4c(N5CCCOCC5)nc(OC[C@@]56CCCN5C[C@H](F)C6)nc4c3C)c12. The van der Waals surface area contributed by atoms with E-state index in [0.717, 1.165) is 54.7 Å². The van der Waals surface area contributed by atoms with Crippen molar-refractivity contribution in [1.29, 1.82) is 0 Å². The first kappa shape index (κ1) is 27.8. The van der Waals surface area contributed by atoms with Crippen LogP contribution in [0.3, 0.4) is 0 Å². The van der Waals surface area contributed by atoms with E-state index >= 15 is 0 Å². The minimum absolute atomic E-state index is 0.0525. The number of nitrogens with zero attached hydrogens (tertiary/aromatic N) is 4. The van der Waals surface area contributed by atoms with Gasteiger partial charge in [0.05, 0.1) is 23.2 Å². The van der Waals surface area contributed by atoms with Crippen molar-refractivity contribution < 1.29 is 23.4 Å². The molecule has 3 aromatic carbocycles. The molecule has 1 aromatic heterocycles. The lowest BCUT2D eigenvalue weighted by atomic mass is 9.91. The molecule has 4 heterocycles. The van der Waals surface area contributed by atoms with Crippen LogP contribution in [0, 0.1) is 25.1 Å². The molecule has 3 fully saturated rings. The Balaban J connectivity index is 1.38. The molecule has 3 aliphatic heterocycles. The molecule has 3 saturated heterocycles. The summed E-state index contributed by atoms with van der Waals surface area (Å²) in [6.07, 6.45) is 8.14. The van der Waals surface area contributed by atoms with E-state index in [0.29, 0.717) is 61.2 Å². The second-order valence-corrected chi connectivity index (χ2v) is 11.9. The zero-order chi connectivity index (χ0) is 29.7. The highest BCUT2D eigenvalue weighted by Gasteiger charge is 2.49. The molecule has 0 bridgehead atoms. The molecule has 7 rings (SSSR count). The van der Waals surface area contributed by atoms with E-state index in [1.807, 2.05) is 19.1 Å². The molecule has 4 aromatic rings. The Bertz CT molecular complexity index is 1770. The first-order chi connectivity index (χ1) is 20.9. The lowest BCUT2D eigenvalue weighted by Crippen LogP contribution is -2.43. The van der Waals surface area contributed by atoms with E-state index in [1.54, 1.807) is 18.2 Å². The normalized spacial score (nSPS) is 22.6. The molecule has 7 nitrogen and oxygen atoms in total. The lowest BCUT2D eigenvalue weighted by Gasteiger charge is -2.31. The number of rotatable bonds is 5. The van der Waals surface area contributed by atoms with Crippen molar-refractivity contribution >= 4 is 27.5 Å². The maximum Gasteiger partial charge on any atom is 0.319 e. The molecule has 0 amide bonds. The number of phenolic OH excluding ortho intramolecular Hbond substituents is 1. The number of terminal acetylenes is 1. The van der Waals surface area contributed by atoms with Gasteiger partial charge in [-0.1, -0.05) is 18.1 Å². The van der Waals surface area contributed by atoms with Crippen molar-refractivity contribution in [2.45, 2.75) is 44.3 Å². The monoisotopic (exact) mass is 584 g/mol. The molecule has 3 aliphatic rings. The minimum atomic E-state index is -0.853. The molecule has 0 spiro atoms. The highest BCUT2D eigenvalue weighted by Crippen LogP contribution is 2.42. The topological polar surface area (TPSA) is 71.0 Å². The van der Waals surface area contributed by atoms with E-state index in [2.05, 4.69) is 15.7 Å². The van der Waals surface area contributed by atoms with Crippen LogP contribution in [-0.4, -0.2) is 77.7 Å². The molecule has 9 heteroatoms. The van der Waals surface area contributed by atoms with Gasteiger partial charge < -0.3 is 19.5 Å². The van der Waals surface area contributed by atoms with Gasteiger partial charge in [-0.2, -0.15) is 9.97 Å². The van der Waals surface area contributed by atoms with Crippen LogP contribution in [0.15, 0.2) is 36.4 Å². The molecule has 222 valence electrons. The molecule has 43 heavy (non-hydrogen) atoms. The number of fused-ring (bicyclic) bond motifs is 3. The van der Waals surface area contributed by atoms with Gasteiger partial charge >= 0.3 is 6.01 Å². The fourth-order valence-corrected chi connectivity index (χ4v) is 7.28. The largest absolute Gasteiger partial charge is 0.508 e. The van der Waals surface area contributed by atoms with Crippen molar-refractivity contribution in [1.82, 2.24) is 14.9 Å². The molecule has 2 atom stereocenters. The third-order valence-electron chi connectivity index (χ3n) is 9.32. The summed E-state index contributed by atoms with van der Waals surface area (Å²) in [5.41, 5.74) is 2.71. The summed E-state index contributed by atoms with van der Waals surface area (Å²) in [7, 11) is 0. The maximum atomic E-state index is 14.9. The van der Waals surface area contributed by atoms with Crippen LogP contribution in [0.5, 0.6) is 11.8 Å². The number of hydrogen-bond acceptors (Lipinski definition) is 7. The smallest absolute Gasteiger partial charge is 0.319 e. The average molecular weight is 585 g/mol. The van der Waals surface area contributed by atoms with Gasteiger partial charge in [0, 0.05) is 43.4 Å². The molecule has 0 saturated carbocycles. The number of benzene rings is 3. The maximum absolute atomic E-state index is 14.9. The number of aryl methyl sites for hydroxylation is 1. The number of phenols is 1. The van der Waals surface area contributed by atoms with Crippen LogP contribution in [0.1, 0.15) is 36.8 Å². The van der Waals surface area contributed by atoms with Crippen LogP contribution in [-0.2, 0) is 4.74 Å². The third-order valence-corrected chi connectivity index (χ3v) is 9.32. The van der Waals surface area contributed by atoms with Crippen LogP contribution < -0.4 is 9.64 Å². The lowest BCUT2D eigenvalue weighted by molar-refractivity contribution is 0.107. The Kier molecular flexibility index (Phi) is 7.07. The summed E-state index contributed by atoms with van der Waals surface area (Å²) < 4.78 is 41.4.